The van der Waals surface area contributed by atoms with E-state index in [2.05, 4.69) is 46.8 Å². The van der Waals surface area contributed by atoms with Gasteiger partial charge in [0.1, 0.15) is 5.75 Å². The van der Waals surface area contributed by atoms with Gasteiger partial charge in [-0.3, -0.25) is 0 Å². The standard InChI is InChI=1S/C19H24O/c1-12-13(2)15(4)18(16(5)14(12)3)11-17-9-7-8-10-19(17)20-6/h7-10H,11H2,1-6H3. The summed E-state index contributed by atoms with van der Waals surface area (Å²) in [7, 11) is 1.74. The van der Waals surface area contributed by atoms with E-state index < -0.39 is 0 Å². The highest BCUT2D eigenvalue weighted by atomic mass is 16.5. The highest BCUT2D eigenvalue weighted by Crippen LogP contribution is 2.30. The molecule has 0 unspecified atom stereocenters. The fourth-order valence-corrected chi connectivity index (χ4v) is 2.88. The number of hydrogen-bond acceptors (Lipinski definition) is 1. The van der Waals surface area contributed by atoms with Crippen molar-refractivity contribution in [3.05, 3.63) is 63.2 Å². The van der Waals surface area contributed by atoms with E-state index in [1.807, 2.05) is 12.1 Å². The molecule has 0 atom stereocenters. The molecule has 0 spiro atoms. The van der Waals surface area contributed by atoms with Gasteiger partial charge in [0.25, 0.3) is 0 Å². The molecular formula is C19H24O. The molecule has 0 aliphatic rings. The van der Waals surface area contributed by atoms with Crippen molar-refractivity contribution in [1.29, 1.82) is 0 Å². The second-order valence-corrected chi connectivity index (χ2v) is 5.59. The normalized spacial score (nSPS) is 10.7. The number of para-hydroxylation sites is 1. The van der Waals surface area contributed by atoms with Crippen molar-refractivity contribution < 1.29 is 4.74 Å². The fraction of sp³-hybridized carbons (Fsp3) is 0.368. The van der Waals surface area contributed by atoms with Crippen LogP contribution in [0.1, 0.15) is 38.9 Å². The Bertz CT molecular complexity index is 609. The van der Waals surface area contributed by atoms with Gasteiger partial charge in [-0.05, 0) is 79.6 Å². The van der Waals surface area contributed by atoms with E-state index in [0.29, 0.717) is 0 Å². The van der Waals surface area contributed by atoms with Gasteiger partial charge < -0.3 is 4.74 Å². The van der Waals surface area contributed by atoms with Gasteiger partial charge in [-0.2, -0.15) is 0 Å². The predicted molar refractivity (Wildman–Crippen MR) is 85.9 cm³/mol. The summed E-state index contributed by atoms with van der Waals surface area (Å²) in [6.45, 7) is 11.1. The summed E-state index contributed by atoms with van der Waals surface area (Å²) in [5, 5.41) is 0. The van der Waals surface area contributed by atoms with Crippen LogP contribution in [0.3, 0.4) is 0 Å². The molecule has 0 N–H and O–H groups in total. The minimum absolute atomic E-state index is 0.934. The molecule has 2 rings (SSSR count). The van der Waals surface area contributed by atoms with Gasteiger partial charge in [-0.15, -0.1) is 0 Å². The fourth-order valence-electron chi connectivity index (χ4n) is 2.88. The molecule has 0 fully saturated rings. The molecule has 0 bridgehead atoms. The molecule has 1 heteroatoms. The summed E-state index contributed by atoms with van der Waals surface area (Å²) in [4.78, 5) is 0. The van der Waals surface area contributed by atoms with Crippen molar-refractivity contribution >= 4 is 0 Å². The molecule has 2 aromatic rings. The maximum absolute atomic E-state index is 5.48. The highest BCUT2D eigenvalue weighted by Gasteiger charge is 2.14. The maximum atomic E-state index is 5.48. The Morgan fingerprint density at radius 1 is 0.750 bits per heavy atom. The molecule has 0 heterocycles. The van der Waals surface area contributed by atoms with Crippen molar-refractivity contribution in [3.8, 4) is 5.75 Å². The van der Waals surface area contributed by atoms with Crippen LogP contribution in [0.2, 0.25) is 0 Å². The van der Waals surface area contributed by atoms with Crippen LogP contribution in [-0.2, 0) is 6.42 Å². The van der Waals surface area contributed by atoms with Gasteiger partial charge in [0.15, 0.2) is 0 Å². The predicted octanol–water partition coefficient (Wildman–Crippen LogP) is 4.83. The first-order valence-electron chi connectivity index (χ1n) is 7.15. The highest BCUT2D eigenvalue weighted by molar-refractivity contribution is 5.52. The van der Waals surface area contributed by atoms with Crippen molar-refractivity contribution in [1.82, 2.24) is 0 Å². The molecule has 106 valence electrons. The lowest BCUT2D eigenvalue weighted by atomic mass is 9.86. The zero-order valence-electron chi connectivity index (χ0n) is 13.4. The van der Waals surface area contributed by atoms with E-state index >= 15 is 0 Å². The van der Waals surface area contributed by atoms with Gasteiger partial charge in [-0.1, -0.05) is 18.2 Å². The molecular weight excluding hydrogens is 244 g/mol. The summed E-state index contributed by atoms with van der Waals surface area (Å²) in [5.41, 5.74) is 9.77. The van der Waals surface area contributed by atoms with E-state index in [-0.39, 0.29) is 0 Å². The average molecular weight is 268 g/mol. The summed E-state index contributed by atoms with van der Waals surface area (Å²) >= 11 is 0. The zero-order valence-corrected chi connectivity index (χ0v) is 13.4. The van der Waals surface area contributed by atoms with Gasteiger partial charge in [0.2, 0.25) is 0 Å². The average Bonchev–Trinajstić information content (AvgIpc) is 2.48. The Labute approximate surface area is 122 Å². The largest absolute Gasteiger partial charge is 0.496 e. The van der Waals surface area contributed by atoms with Crippen LogP contribution < -0.4 is 4.74 Å². The maximum Gasteiger partial charge on any atom is 0.122 e. The van der Waals surface area contributed by atoms with Crippen LogP contribution in [0.15, 0.2) is 24.3 Å². The van der Waals surface area contributed by atoms with Crippen molar-refractivity contribution in [2.45, 2.75) is 41.0 Å². The summed E-state index contributed by atoms with van der Waals surface area (Å²) in [6.07, 6.45) is 0.934. The minimum Gasteiger partial charge on any atom is -0.496 e. The number of methoxy groups -OCH3 is 1. The molecule has 0 aromatic heterocycles. The first kappa shape index (κ1) is 14.6. The molecule has 2 aromatic carbocycles. The van der Waals surface area contributed by atoms with Crippen molar-refractivity contribution in [2.75, 3.05) is 7.11 Å². The summed E-state index contributed by atoms with van der Waals surface area (Å²) in [5.74, 6) is 0.974. The molecule has 0 amide bonds. The first-order valence-corrected chi connectivity index (χ1v) is 7.15. The molecule has 1 nitrogen and oxygen atoms in total. The van der Waals surface area contributed by atoms with Crippen molar-refractivity contribution in [3.63, 3.8) is 0 Å². The van der Waals surface area contributed by atoms with Crippen LogP contribution in [0, 0.1) is 34.6 Å². The Kier molecular flexibility index (Phi) is 4.17. The smallest absolute Gasteiger partial charge is 0.122 e. The van der Waals surface area contributed by atoms with Crippen LogP contribution in [0.25, 0.3) is 0 Å². The van der Waals surface area contributed by atoms with Crippen LogP contribution in [0.5, 0.6) is 5.75 Å². The van der Waals surface area contributed by atoms with Gasteiger partial charge in [0, 0.05) is 6.42 Å². The first-order chi connectivity index (χ1) is 9.47. The number of rotatable bonds is 3. The molecule has 0 aliphatic carbocycles. The quantitative estimate of drug-likeness (QED) is 0.775. The second kappa shape index (κ2) is 5.70. The van der Waals surface area contributed by atoms with Gasteiger partial charge in [-0.25, -0.2) is 0 Å². The summed E-state index contributed by atoms with van der Waals surface area (Å²) < 4.78 is 5.48. The number of benzene rings is 2. The Hall–Kier alpha value is -1.76. The van der Waals surface area contributed by atoms with Crippen LogP contribution in [0.4, 0.5) is 0 Å². The van der Waals surface area contributed by atoms with E-state index in [1.165, 1.54) is 38.9 Å². The monoisotopic (exact) mass is 268 g/mol. The molecule has 0 aliphatic heterocycles. The van der Waals surface area contributed by atoms with Crippen LogP contribution >= 0.6 is 0 Å². The lowest BCUT2D eigenvalue weighted by Gasteiger charge is -2.19. The van der Waals surface area contributed by atoms with E-state index in [1.54, 1.807) is 7.11 Å². The lowest BCUT2D eigenvalue weighted by Crippen LogP contribution is -2.04. The number of ether oxygens (including phenoxy) is 1. The Morgan fingerprint density at radius 3 is 1.80 bits per heavy atom. The van der Waals surface area contributed by atoms with E-state index in [9.17, 15) is 0 Å². The summed E-state index contributed by atoms with van der Waals surface area (Å²) in [6, 6.07) is 8.29. The zero-order chi connectivity index (χ0) is 14.9. The Morgan fingerprint density at radius 2 is 1.25 bits per heavy atom. The molecule has 0 saturated heterocycles. The van der Waals surface area contributed by atoms with E-state index in [4.69, 9.17) is 4.74 Å². The second-order valence-electron chi connectivity index (χ2n) is 5.59. The topological polar surface area (TPSA) is 9.23 Å². The Balaban J connectivity index is 2.54. The number of hydrogen-bond donors (Lipinski definition) is 0. The van der Waals surface area contributed by atoms with Gasteiger partial charge in [0.05, 0.1) is 7.11 Å². The third kappa shape index (κ3) is 2.45. The third-order valence-electron chi connectivity index (χ3n) is 4.72. The lowest BCUT2D eigenvalue weighted by molar-refractivity contribution is 0.410. The van der Waals surface area contributed by atoms with Gasteiger partial charge >= 0.3 is 0 Å². The SMILES string of the molecule is COc1ccccc1Cc1c(C)c(C)c(C)c(C)c1C. The third-order valence-corrected chi connectivity index (χ3v) is 4.72. The molecule has 0 radical (unpaired) electrons. The van der Waals surface area contributed by atoms with Crippen LogP contribution in [-0.4, -0.2) is 7.11 Å². The van der Waals surface area contributed by atoms with Crippen molar-refractivity contribution in [2.24, 2.45) is 0 Å². The van der Waals surface area contributed by atoms with E-state index in [0.717, 1.165) is 12.2 Å². The molecule has 0 saturated carbocycles. The molecule has 20 heavy (non-hydrogen) atoms. The minimum atomic E-state index is 0.934.